The van der Waals surface area contributed by atoms with E-state index < -0.39 is 12.5 Å². The van der Waals surface area contributed by atoms with Crippen molar-refractivity contribution in [2.24, 2.45) is 0 Å². The molecule has 1 saturated heterocycles. The predicted octanol–water partition coefficient (Wildman–Crippen LogP) is 4.16. The topological polar surface area (TPSA) is 15.3 Å². The fourth-order valence-corrected chi connectivity index (χ4v) is 2.69. The quantitative estimate of drug-likeness (QED) is 0.802. The zero-order valence-electron chi connectivity index (χ0n) is 10.5. The number of benzene rings is 1. The summed E-state index contributed by atoms with van der Waals surface area (Å²) in [7, 11) is 0. The number of nitrogens with one attached hydrogen (secondary N) is 1. The average Bonchev–Trinajstić information content (AvgIpc) is 2.35. The van der Waals surface area contributed by atoms with Crippen LogP contribution in [0.3, 0.4) is 0 Å². The Hall–Kier alpha value is 0.350. The molecule has 0 bridgehead atoms. The van der Waals surface area contributed by atoms with E-state index in [4.69, 9.17) is 11.6 Å². The highest BCUT2D eigenvalue weighted by Gasteiger charge is 2.30. The molecule has 1 atom stereocenters. The van der Waals surface area contributed by atoms with Crippen molar-refractivity contribution >= 4 is 52.3 Å². The minimum absolute atomic E-state index is 0. The molecule has 0 spiro atoms. The second-order valence-electron chi connectivity index (χ2n) is 4.24. The van der Waals surface area contributed by atoms with E-state index >= 15 is 0 Å². The molecule has 2 rings (SSSR count). The van der Waals surface area contributed by atoms with Crippen LogP contribution in [0, 0.1) is 0 Å². The number of rotatable bonds is 3. The maximum Gasteiger partial charge on any atom is 0.258 e. The van der Waals surface area contributed by atoms with E-state index in [9.17, 15) is 8.78 Å². The summed E-state index contributed by atoms with van der Waals surface area (Å²) in [6.45, 7) is 2.76. The maximum atomic E-state index is 13.3. The molecule has 1 heterocycles. The molecule has 0 radical (unpaired) electrons. The number of halogens is 6. The van der Waals surface area contributed by atoms with Gasteiger partial charge >= 0.3 is 0 Å². The van der Waals surface area contributed by atoms with Crippen molar-refractivity contribution < 1.29 is 8.78 Å². The van der Waals surface area contributed by atoms with Crippen LogP contribution in [0.1, 0.15) is 11.6 Å². The van der Waals surface area contributed by atoms with Crippen molar-refractivity contribution in [2.45, 2.75) is 12.5 Å². The van der Waals surface area contributed by atoms with Gasteiger partial charge in [-0.2, -0.15) is 0 Å². The van der Waals surface area contributed by atoms with Crippen molar-refractivity contribution in [2.75, 3.05) is 26.2 Å². The van der Waals surface area contributed by atoms with Gasteiger partial charge in [0.25, 0.3) is 6.43 Å². The Labute approximate surface area is 143 Å². The summed E-state index contributed by atoms with van der Waals surface area (Å²) in [5, 5.41) is 3.70. The molecule has 1 fully saturated rings. The minimum Gasteiger partial charge on any atom is -0.314 e. The van der Waals surface area contributed by atoms with Crippen LogP contribution in [0.5, 0.6) is 0 Å². The van der Waals surface area contributed by atoms with Crippen LogP contribution >= 0.6 is 52.3 Å². The Balaban J connectivity index is 0.00000180. The van der Waals surface area contributed by atoms with E-state index in [2.05, 4.69) is 21.2 Å². The van der Waals surface area contributed by atoms with Gasteiger partial charge in [-0.1, -0.05) is 17.7 Å². The highest BCUT2D eigenvalue weighted by Crippen LogP contribution is 2.32. The second-order valence-corrected chi connectivity index (χ2v) is 5.50. The van der Waals surface area contributed by atoms with E-state index in [1.54, 1.807) is 18.2 Å². The maximum absolute atomic E-state index is 13.3. The highest BCUT2D eigenvalue weighted by atomic mass is 79.9. The fraction of sp³-hybridized carbons (Fsp3) is 0.500. The van der Waals surface area contributed by atoms with Crippen LogP contribution in [0.15, 0.2) is 22.7 Å². The summed E-state index contributed by atoms with van der Waals surface area (Å²) in [5.74, 6) is 0. The lowest BCUT2D eigenvalue weighted by molar-refractivity contribution is 0.0181. The van der Waals surface area contributed by atoms with Crippen molar-refractivity contribution in [3.05, 3.63) is 33.3 Å². The highest BCUT2D eigenvalue weighted by molar-refractivity contribution is 9.10. The van der Waals surface area contributed by atoms with Crippen LogP contribution in [0.4, 0.5) is 8.78 Å². The van der Waals surface area contributed by atoms with Crippen LogP contribution in [0.25, 0.3) is 0 Å². The van der Waals surface area contributed by atoms with E-state index in [1.165, 1.54) is 0 Å². The predicted molar refractivity (Wildman–Crippen MR) is 86.8 cm³/mol. The third-order valence-corrected chi connectivity index (χ3v) is 4.28. The van der Waals surface area contributed by atoms with Gasteiger partial charge in [-0.05, 0) is 33.6 Å². The summed E-state index contributed by atoms with van der Waals surface area (Å²) in [6, 6.07) is 4.15. The lowest BCUT2D eigenvalue weighted by atomic mass is 10.1. The largest absolute Gasteiger partial charge is 0.314 e. The molecule has 0 unspecified atom stereocenters. The van der Waals surface area contributed by atoms with E-state index in [-0.39, 0.29) is 24.8 Å². The molecule has 1 aromatic carbocycles. The van der Waals surface area contributed by atoms with Crippen molar-refractivity contribution in [1.82, 2.24) is 10.2 Å². The molecule has 1 aliphatic heterocycles. The van der Waals surface area contributed by atoms with E-state index in [0.717, 1.165) is 13.1 Å². The molecule has 0 saturated carbocycles. The normalized spacial score (nSPS) is 17.2. The standard InChI is InChI=1S/C12H14BrClF2N2.2ClH/c13-9-7-8(1-2-10(9)14)11(12(15)16)18-5-3-17-4-6-18;;/h1-2,7,11-12,17H,3-6H2;2*1H/t11-;;/m1../s1. The van der Waals surface area contributed by atoms with Gasteiger partial charge in [-0.25, -0.2) is 8.78 Å². The number of alkyl halides is 2. The Morgan fingerprint density at radius 3 is 2.30 bits per heavy atom. The summed E-state index contributed by atoms with van der Waals surface area (Å²) < 4.78 is 27.2. The van der Waals surface area contributed by atoms with Gasteiger partial charge in [-0.15, -0.1) is 24.8 Å². The summed E-state index contributed by atoms with van der Waals surface area (Å²) in [4.78, 5) is 1.82. The fourth-order valence-electron chi connectivity index (χ4n) is 2.17. The van der Waals surface area contributed by atoms with Gasteiger partial charge < -0.3 is 5.32 Å². The third-order valence-electron chi connectivity index (χ3n) is 3.07. The zero-order chi connectivity index (χ0) is 13.1. The van der Waals surface area contributed by atoms with Crippen LogP contribution in [-0.4, -0.2) is 37.5 Å². The number of piperazine rings is 1. The number of hydrogen-bond donors (Lipinski definition) is 1. The van der Waals surface area contributed by atoms with Crippen LogP contribution in [0.2, 0.25) is 5.02 Å². The molecule has 116 valence electrons. The Bertz CT molecular complexity index is 418. The molecule has 20 heavy (non-hydrogen) atoms. The van der Waals surface area contributed by atoms with Crippen LogP contribution < -0.4 is 5.32 Å². The van der Waals surface area contributed by atoms with Gasteiger partial charge in [0.1, 0.15) is 0 Å². The minimum atomic E-state index is -2.41. The van der Waals surface area contributed by atoms with Gasteiger partial charge in [0, 0.05) is 30.7 Å². The van der Waals surface area contributed by atoms with E-state index in [0.29, 0.717) is 28.1 Å². The van der Waals surface area contributed by atoms with Crippen LogP contribution in [-0.2, 0) is 0 Å². The van der Waals surface area contributed by atoms with E-state index in [1.807, 2.05) is 4.90 Å². The van der Waals surface area contributed by atoms with Crippen molar-refractivity contribution in [1.29, 1.82) is 0 Å². The Morgan fingerprint density at radius 1 is 1.20 bits per heavy atom. The number of hydrogen-bond acceptors (Lipinski definition) is 2. The van der Waals surface area contributed by atoms with Crippen molar-refractivity contribution in [3.8, 4) is 0 Å². The first-order valence-electron chi connectivity index (χ1n) is 5.77. The first-order valence-corrected chi connectivity index (χ1v) is 6.94. The monoisotopic (exact) mass is 410 g/mol. The molecule has 1 aliphatic rings. The van der Waals surface area contributed by atoms with Gasteiger partial charge in [0.2, 0.25) is 0 Å². The van der Waals surface area contributed by atoms with Gasteiger partial charge in [0.05, 0.1) is 11.1 Å². The Kier molecular flexibility index (Phi) is 9.55. The SMILES string of the molecule is Cl.Cl.FC(F)[C@@H](c1ccc(Cl)c(Br)c1)N1CCNCC1. The first-order chi connectivity index (χ1) is 8.59. The summed E-state index contributed by atoms with van der Waals surface area (Å²) >= 11 is 9.17. The second kappa shape index (κ2) is 9.38. The molecule has 2 nitrogen and oxygen atoms in total. The molecule has 1 aromatic rings. The first kappa shape index (κ1) is 20.3. The smallest absolute Gasteiger partial charge is 0.258 e. The molecule has 1 N–H and O–H groups in total. The molecule has 0 amide bonds. The third kappa shape index (κ3) is 4.97. The van der Waals surface area contributed by atoms with Gasteiger partial charge in [0.15, 0.2) is 0 Å². The van der Waals surface area contributed by atoms with Crippen molar-refractivity contribution in [3.63, 3.8) is 0 Å². The lowest BCUT2D eigenvalue weighted by Crippen LogP contribution is -2.46. The average molecular weight is 413 g/mol. The van der Waals surface area contributed by atoms with Gasteiger partial charge in [-0.3, -0.25) is 4.90 Å². The molecular formula is C12H16BrCl3F2N2. The summed E-state index contributed by atoms with van der Waals surface area (Å²) in [6.07, 6.45) is -2.41. The zero-order valence-corrected chi connectivity index (χ0v) is 14.5. The number of nitrogens with zero attached hydrogens (tertiary/aromatic N) is 1. The molecular weight excluding hydrogens is 396 g/mol. The Morgan fingerprint density at radius 2 is 1.80 bits per heavy atom. The lowest BCUT2D eigenvalue weighted by Gasteiger charge is -2.34. The summed E-state index contributed by atoms with van der Waals surface area (Å²) in [5.41, 5.74) is 0.600. The molecule has 0 aromatic heterocycles. The molecule has 0 aliphatic carbocycles. The molecule has 8 heteroatoms.